The summed E-state index contributed by atoms with van der Waals surface area (Å²) in [6.07, 6.45) is 3.79. The van der Waals surface area contributed by atoms with Crippen molar-refractivity contribution in [1.29, 1.82) is 0 Å². The number of aryl methyl sites for hydroxylation is 1. The van der Waals surface area contributed by atoms with Crippen LogP contribution in [0.2, 0.25) is 0 Å². The highest BCUT2D eigenvalue weighted by Gasteiger charge is 2.35. The van der Waals surface area contributed by atoms with Crippen molar-refractivity contribution in [3.05, 3.63) is 41.0 Å². The van der Waals surface area contributed by atoms with Crippen LogP contribution in [0.1, 0.15) is 68.4 Å². The Kier molecular flexibility index (Phi) is 7.97. The van der Waals surface area contributed by atoms with Gasteiger partial charge in [-0.05, 0) is 43.6 Å². The van der Waals surface area contributed by atoms with Crippen molar-refractivity contribution in [2.75, 3.05) is 38.6 Å². The Balaban J connectivity index is 2.04. The summed E-state index contributed by atoms with van der Waals surface area (Å²) >= 11 is 0. The van der Waals surface area contributed by atoms with E-state index in [-0.39, 0.29) is 5.78 Å². The van der Waals surface area contributed by atoms with Gasteiger partial charge in [-0.1, -0.05) is 52.7 Å². The van der Waals surface area contributed by atoms with Gasteiger partial charge in [-0.25, -0.2) is 0 Å². The molecule has 31 heavy (non-hydrogen) atoms. The van der Waals surface area contributed by atoms with Crippen molar-refractivity contribution < 1.29 is 14.3 Å². The monoisotopic (exact) mass is 424 g/mol. The molecule has 0 amide bonds. The van der Waals surface area contributed by atoms with Gasteiger partial charge in [0.2, 0.25) is 0 Å². The second-order valence-electron chi connectivity index (χ2n) is 8.03. The maximum absolute atomic E-state index is 13.4. The van der Waals surface area contributed by atoms with Gasteiger partial charge < -0.3 is 20.1 Å². The number of likely N-dealkylation sites (N-methyl/N-ethyl adjacent to an activating group) is 1. The molecule has 2 aromatic carbocycles. The first kappa shape index (κ1) is 23.1. The van der Waals surface area contributed by atoms with Crippen LogP contribution in [0.15, 0.2) is 24.3 Å². The third-order valence-corrected chi connectivity index (χ3v) is 6.00. The number of benzene rings is 2. The van der Waals surface area contributed by atoms with Crippen LogP contribution < -0.4 is 15.2 Å². The van der Waals surface area contributed by atoms with E-state index >= 15 is 0 Å². The average molecular weight is 425 g/mol. The highest BCUT2D eigenvalue weighted by Crippen LogP contribution is 2.50. The Bertz CT molecular complexity index is 919. The highest BCUT2D eigenvalue weighted by molar-refractivity contribution is 6.26. The zero-order chi connectivity index (χ0) is 22.4. The minimum absolute atomic E-state index is 0.0324. The molecule has 3 rings (SSSR count). The van der Waals surface area contributed by atoms with E-state index in [4.69, 9.17) is 15.2 Å². The smallest absolute Gasteiger partial charge is 0.196 e. The molecule has 2 aromatic rings. The second-order valence-corrected chi connectivity index (χ2v) is 8.03. The van der Waals surface area contributed by atoms with Gasteiger partial charge >= 0.3 is 0 Å². The molecule has 0 atom stereocenters. The number of ether oxygens (including phenoxy) is 2. The molecule has 1 aliphatic carbocycles. The van der Waals surface area contributed by atoms with E-state index in [1.54, 1.807) is 0 Å². The highest BCUT2D eigenvalue weighted by atomic mass is 16.5. The van der Waals surface area contributed by atoms with Crippen molar-refractivity contribution in [2.45, 2.75) is 53.4 Å². The number of unbranched alkanes of at least 4 members (excludes halogenated alkanes) is 1. The number of rotatable bonds is 12. The summed E-state index contributed by atoms with van der Waals surface area (Å²) in [7, 11) is 0. The van der Waals surface area contributed by atoms with Gasteiger partial charge in [0.1, 0.15) is 18.1 Å². The average Bonchev–Trinajstić information content (AvgIpc) is 3.08. The summed E-state index contributed by atoms with van der Waals surface area (Å²) in [5.41, 5.74) is 10.9. The largest absolute Gasteiger partial charge is 0.493 e. The Labute approximate surface area is 186 Å². The molecule has 0 unspecified atom stereocenters. The molecular weight excluding hydrogens is 388 g/mol. The van der Waals surface area contributed by atoms with E-state index in [1.807, 2.05) is 24.3 Å². The normalized spacial score (nSPS) is 12.2. The minimum atomic E-state index is -0.0324. The van der Waals surface area contributed by atoms with Gasteiger partial charge in [0.15, 0.2) is 5.78 Å². The molecule has 0 aromatic heterocycles. The van der Waals surface area contributed by atoms with Crippen molar-refractivity contribution >= 4 is 11.5 Å². The molecule has 0 saturated heterocycles. The number of nitrogen functional groups attached to an aromatic ring is 1. The topological polar surface area (TPSA) is 64.8 Å². The van der Waals surface area contributed by atoms with Gasteiger partial charge in [-0.15, -0.1) is 0 Å². The van der Waals surface area contributed by atoms with Crippen LogP contribution >= 0.6 is 0 Å². The molecule has 168 valence electrons. The van der Waals surface area contributed by atoms with E-state index in [1.165, 1.54) is 0 Å². The third kappa shape index (κ3) is 4.72. The van der Waals surface area contributed by atoms with Crippen molar-refractivity contribution in [1.82, 2.24) is 4.90 Å². The zero-order valence-corrected chi connectivity index (χ0v) is 19.4. The third-order valence-electron chi connectivity index (χ3n) is 6.00. The predicted octanol–water partition coefficient (Wildman–Crippen LogP) is 5.33. The Morgan fingerprint density at radius 3 is 2.32 bits per heavy atom. The van der Waals surface area contributed by atoms with E-state index in [9.17, 15) is 4.79 Å². The van der Waals surface area contributed by atoms with Gasteiger partial charge in [-0.3, -0.25) is 4.79 Å². The summed E-state index contributed by atoms with van der Waals surface area (Å²) in [5, 5.41) is 0. The zero-order valence-electron chi connectivity index (χ0n) is 19.4. The maximum Gasteiger partial charge on any atom is 0.196 e. The molecule has 0 spiro atoms. The number of ketones is 1. The van der Waals surface area contributed by atoms with Crippen LogP contribution in [0, 0.1) is 0 Å². The van der Waals surface area contributed by atoms with Gasteiger partial charge in [0.25, 0.3) is 0 Å². The SMILES string of the molecule is CCCCOc1cc(CCC)c(N)c2c1-c1c(OCCN(CC)CC)cccc1C2=O. The lowest BCUT2D eigenvalue weighted by Crippen LogP contribution is -2.28. The fourth-order valence-corrected chi connectivity index (χ4v) is 4.18. The standard InChI is InChI=1S/C26H36N2O3/c1-5-9-15-30-21-17-18(11-6-2)25(27)24-23(21)22-19(26(24)29)12-10-13-20(22)31-16-14-28(7-3)8-4/h10,12-13,17H,5-9,11,14-16,27H2,1-4H3. The molecule has 0 fully saturated rings. The Hall–Kier alpha value is -2.53. The molecule has 1 aliphatic rings. The number of hydrogen-bond donors (Lipinski definition) is 1. The van der Waals surface area contributed by atoms with E-state index in [0.717, 1.165) is 73.5 Å². The van der Waals surface area contributed by atoms with Crippen molar-refractivity contribution in [3.63, 3.8) is 0 Å². The molecule has 0 heterocycles. The lowest BCUT2D eigenvalue weighted by Gasteiger charge is -2.20. The van der Waals surface area contributed by atoms with Crippen molar-refractivity contribution in [2.24, 2.45) is 0 Å². The van der Waals surface area contributed by atoms with Crippen LogP contribution in [0.25, 0.3) is 11.1 Å². The number of carbonyl (C=O) groups excluding carboxylic acids is 1. The quantitative estimate of drug-likeness (QED) is 0.314. The summed E-state index contributed by atoms with van der Waals surface area (Å²) in [4.78, 5) is 15.7. The van der Waals surface area contributed by atoms with Crippen molar-refractivity contribution in [3.8, 4) is 22.6 Å². The van der Waals surface area contributed by atoms with E-state index in [0.29, 0.717) is 30.0 Å². The lowest BCUT2D eigenvalue weighted by atomic mass is 9.96. The molecule has 0 radical (unpaired) electrons. The van der Waals surface area contributed by atoms with Gasteiger partial charge in [0, 0.05) is 28.9 Å². The lowest BCUT2D eigenvalue weighted by molar-refractivity contribution is 0.104. The molecule has 5 heteroatoms. The van der Waals surface area contributed by atoms with E-state index < -0.39 is 0 Å². The Morgan fingerprint density at radius 1 is 0.903 bits per heavy atom. The number of nitrogens with two attached hydrogens (primary N) is 1. The number of fused-ring (bicyclic) bond motifs is 3. The molecular formula is C26H36N2O3. The van der Waals surface area contributed by atoms with Gasteiger partial charge in [-0.2, -0.15) is 0 Å². The number of hydrogen-bond acceptors (Lipinski definition) is 5. The summed E-state index contributed by atoms with van der Waals surface area (Å²) in [6, 6.07) is 7.72. The Morgan fingerprint density at radius 2 is 1.65 bits per heavy atom. The molecule has 0 bridgehead atoms. The summed E-state index contributed by atoms with van der Waals surface area (Å²) in [6.45, 7) is 12.5. The molecule has 0 saturated carbocycles. The summed E-state index contributed by atoms with van der Waals surface area (Å²) < 4.78 is 12.4. The van der Waals surface area contributed by atoms with Crippen LogP contribution in [-0.2, 0) is 6.42 Å². The first-order valence-electron chi connectivity index (χ1n) is 11.7. The maximum atomic E-state index is 13.4. The molecule has 0 aliphatic heterocycles. The van der Waals surface area contributed by atoms with Crippen LogP contribution in [0.4, 0.5) is 5.69 Å². The number of anilines is 1. The van der Waals surface area contributed by atoms with Crippen LogP contribution in [0.5, 0.6) is 11.5 Å². The summed E-state index contributed by atoms with van der Waals surface area (Å²) in [5.74, 6) is 1.43. The van der Waals surface area contributed by atoms with Gasteiger partial charge in [0.05, 0.1) is 12.2 Å². The van der Waals surface area contributed by atoms with E-state index in [2.05, 4.69) is 32.6 Å². The first-order valence-corrected chi connectivity index (χ1v) is 11.7. The fraction of sp³-hybridized carbons (Fsp3) is 0.500. The van der Waals surface area contributed by atoms with Crippen LogP contribution in [0.3, 0.4) is 0 Å². The fourth-order valence-electron chi connectivity index (χ4n) is 4.18. The molecule has 2 N–H and O–H groups in total. The minimum Gasteiger partial charge on any atom is -0.493 e. The first-order chi connectivity index (χ1) is 15.1. The second kappa shape index (κ2) is 10.7. The number of carbonyl (C=O) groups is 1. The molecule has 5 nitrogen and oxygen atoms in total. The van der Waals surface area contributed by atoms with Crippen LogP contribution in [-0.4, -0.2) is 43.5 Å². The predicted molar refractivity (Wildman–Crippen MR) is 127 cm³/mol. The number of nitrogens with zero attached hydrogens (tertiary/aromatic N) is 1.